The standard InChI is InChI=1S/C24H26N2O4S/c1-18(2)30-22-12-14-23(15-13-22)31(27,28)26-25-16-21-6-4-5-7-24(21)29-17-20-10-8-19(3)9-11-20/h4-16,18,26H,17H2,1-3H3/b25-16+. The minimum absolute atomic E-state index is 0.0125. The van der Waals surface area contributed by atoms with E-state index in [4.69, 9.17) is 9.47 Å². The maximum atomic E-state index is 12.5. The Labute approximate surface area is 183 Å². The molecule has 0 saturated heterocycles. The highest BCUT2D eigenvalue weighted by Crippen LogP contribution is 2.19. The van der Waals surface area contributed by atoms with Crippen molar-refractivity contribution in [2.45, 2.75) is 38.4 Å². The van der Waals surface area contributed by atoms with Crippen LogP contribution in [-0.4, -0.2) is 20.7 Å². The van der Waals surface area contributed by atoms with Crippen molar-refractivity contribution in [1.82, 2.24) is 4.83 Å². The van der Waals surface area contributed by atoms with Gasteiger partial charge in [0.15, 0.2) is 0 Å². The summed E-state index contributed by atoms with van der Waals surface area (Å²) in [7, 11) is -3.79. The number of benzene rings is 3. The lowest BCUT2D eigenvalue weighted by Gasteiger charge is -2.10. The molecule has 3 rings (SSSR count). The largest absolute Gasteiger partial charge is 0.491 e. The van der Waals surface area contributed by atoms with Crippen LogP contribution in [0.3, 0.4) is 0 Å². The van der Waals surface area contributed by atoms with Gasteiger partial charge in [-0.3, -0.25) is 0 Å². The molecular weight excluding hydrogens is 412 g/mol. The van der Waals surface area contributed by atoms with E-state index in [-0.39, 0.29) is 11.0 Å². The molecule has 3 aromatic carbocycles. The van der Waals surface area contributed by atoms with Crippen molar-refractivity contribution >= 4 is 16.2 Å². The molecule has 0 heterocycles. The molecule has 31 heavy (non-hydrogen) atoms. The molecule has 0 radical (unpaired) electrons. The van der Waals surface area contributed by atoms with Crippen LogP contribution in [-0.2, 0) is 16.6 Å². The molecule has 7 heteroatoms. The minimum Gasteiger partial charge on any atom is -0.491 e. The predicted octanol–water partition coefficient (Wildman–Crippen LogP) is 4.67. The van der Waals surface area contributed by atoms with Crippen LogP contribution in [0.5, 0.6) is 11.5 Å². The van der Waals surface area contributed by atoms with Crippen LogP contribution < -0.4 is 14.3 Å². The second-order valence-corrected chi connectivity index (χ2v) is 8.96. The van der Waals surface area contributed by atoms with E-state index >= 15 is 0 Å². The van der Waals surface area contributed by atoms with Crippen molar-refractivity contribution in [3.63, 3.8) is 0 Å². The number of hydrogen-bond donors (Lipinski definition) is 1. The Balaban J connectivity index is 1.65. The lowest BCUT2D eigenvalue weighted by Crippen LogP contribution is -2.18. The van der Waals surface area contributed by atoms with Crippen LogP contribution in [0.25, 0.3) is 0 Å². The summed E-state index contributed by atoms with van der Waals surface area (Å²) in [5.41, 5.74) is 2.89. The molecule has 0 aliphatic carbocycles. The Hall–Kier alpha value is -3.32. The van der Waals surface area contributed by atoms with Gasteiger partial charge in [0.1, 0.15) is 18.1 Å². The summed E-state index contributed by atoms with van der Waals surface area (Å²) in [6.07, 6.45) is 1.44. The first-order chi connectivity index (χ1) is 14.8. The van der Waals surface area contributed by atoms with Crippen LogP contribution in [0.2, 0.25) is 0 Å². The summed E-state index contributed by atoms with van der Waals surface area (Å²) in [5.74, 6) is 1.22. The van der Waals surface area contributed by atoms with Crippen LogP contribution in [0.1, 0.15) is 30.5 Å². The average Bonchev–Trinajstić information content (AvgIpc) is 2.74. The van der Waals surface area contributed by atoms with E-state index in [1.165, 1.54) is 23.9 Å². The quantitative estimate of drug-likeness (QED) is 0.389. The van der Waals surface area contributed by atoms with Crippen LogP contribution >= 0.6 is 0 Å². The van der Waals surface area contributed by atoms with Crippen molar-refractivity contribution < 1.29 is 17.9 Å². The molecule has 0 aromatic heterocycles. The molecule has 0 atom stereocenters. The Morgan fingerprint density at radius 1 is 0.968 bits per heavy atom. The first kappa shape index (κ1) is 22.4. The van der Waals surface area contributed by atoms with Crippen LogP contribution in [0, 0.1) is 6.92 Å². The van der Waals surface area contributed by atoms with Gasteiger partial charge in [0.05, 0.1) is 17.2 Å². The Bertz CT molecular complexity index is 1120. The molecule has 0 aliphatic heterocycles. The molecule has 0 spiro atoms. The zero-order valence-corrected chi connectivity index (χ0v) is 18.6. The van der Waals surface area contributed by atoms with Crippen LogP contribution in [0.15, 0.2) is 82.8 Å². The van der Waals surface area contributed by atoms with Gasteiger partial charge in [-0.25, -0.2) is 4.83 Å². The summed E-state index contributed by atoms with van der Waals surface area (Å²) in [6, 6.07) is 21.6. The number of para-hydroxylation sites is 1. The summed E-state index contributed by atoms with van der Waals surface area (Å²) < 4.78 is 36.4. The van der Waals surface area contributed by atoms with Crippen molar-refractivity contribution in [1.29, 1.82) is 0 Å². The van der Waals surface area contributed by atoms with E-state index < -0.39 is 10.0 Å². The van der Waals surface area contributed by atoms with E-state index in [0.717, 1.165) is 5.56 Å². The number of hydrogen-bond acceptors (Lipinski definition) is 5. The third-order valence-corrected chi connectivity index (χ3v) is 5.55. The topological polar surface area (TPSA) is 77.0 Å². The molecule has 0 unspecified atom stereocenters. The van der Waals surface area contributed by atoms with Gasteiger partial charge in [0.25, 0.3) is 10.0 Å². The number of aryl methyl sites for hydroxylation is 1. The molecule has 3 aromatic rings. The number of rotatable bonds is 9. The van der Waals surface area contributed by atoms with E-state index in [0.29, 0.717) is 23.7 Å². The second-order valence-electron chi connectivity index (χ2n) is 7.30. The molecule has 0 fully saturated rings. The zero-order valence-electron chi connectivity index (χ0n) is 17.8. The highest BCUT2D eigenvalue weighted by molar-refractivity contribution is 7.89. The summed E-state index contributed by atoms with van der Waals surface area (Å²) in [4.78, 5) is 2.34. The molecule has 6 nitrogen and oxygen atoms in total. The molecular formula is C24H26N2O4S. The van der Waals surface area contributed by atoms with Gasteiger partial charge in [-0.05, 0) is 62.7 Å². The lowest BCUT2D eigenvalue weighted by molar-refractivity contribution is 0.242. The molecule has 0 bridgehead atoms. The van der Waals surface area contributed by atoms with Gasteiger partial charge in [-0.2, -0.15) is 13.5 Å². The number of hydrazone groups is 1. The SMILES string of the molecule is Cc1ccc(COc2ccccc2/C=N/NS(=O)(=O)c2ccc(OC(C)C)cc2)cc1. The van der Waals surface area contributed by atoms with Gasteiger partial charge < -0.3 is 9.47 Å². The fraction of sp³-hybridized carbons (Fsp3) is 0.208. The molecule has 162 valence electrons. The second kappa shape index (κ2) is 10.1. The first-order valence-corrected chi connectivity index (χ1v) is 11.4. The summed E-state index contributed by atoms with van der Waals surface area (Å²) in [6.45, 7) is 6.25. The van der Waals surface area contributed by atoms with Crippen molar-refractivity contribution in [2.75, 3.05) is 0 Å². The van der Waals surface area contributed by atoms with Gasteiger partial charge in [-0.1, -0.05) is 42.0 Å². The van der Waals surface area contributed by atoms with Gasteiger partial charge in [0, 0.05) is 5.56 Å². The Morgan fingerprint density at radius 2 is 1.65 bits per heavy atom. The third-order valence-electron chi connectivity index (χ3n) is 4.32. The fourth-order valence-corrected chi connectivity index (χ4v) is 3.54. The van der Waals surface area contributed by atoms with Crippen molar-refractivity contribution in [2.24, 2.45) is 5.10 Å². The number of sulfonamides is 1. The smallest absolute Gasteiger partial charge is 0.276 e. The molecule has 0 amide bonds. The third kappa shape index (κ3) is 6.58. The first-order valence-electron chi connectivity index (χ1n) is 9.92. The normalized spacial score (nSPS) is 11.6. The minimum atomic E-state index is -3.79. The predicted molar refractivity (Wildman–Crippen MR) is 122 cm³/mol. The number of ether oxygens (including phenoxy) is 2. The zero-order chi connectivity index (χ0) is 22.3. The van der Waals surface area contributed by atoms with E-state index in [9.17, 15) is 8.42 Å². The van der Waals surface area contributed by atoms with E-state index in [2.05, 4.69) is 9.93 Å². The molecule has 0 aliphatic rings. The van der Waals surface area contributed by atoms with Gasteiger partial charge >= 0.3 is 0 Å². The van der Waals surface area contributed by atoms with Crippen molar-refractivity contribution in [3.8, 4) is 11.5 Å². The monoisotopic (exact) mass is 438 g/mol. The van der Waals surface area contributed by atoms with Gasteiger partial charge in [-0.15, -0.1) is 0 Å². The number of nitrogens with one attached hydrogen (secondary N) is 1. The van der Waals surface area contributed by atoms with Gasteiger partial charge in [0.2, 0.25) is 0 Å². The molecule has 0 saturated carbocycles. The maximum Gasteiger partial charge on any atom is 0.276 e. The average molecular weight is 439 g/mol. The lowest BCUT2D eigenvalue weighted by atomic mass is 10.1. The molecule has 1 N–H and O–H groups in total. The summed E-state index contributed by atoms with van der Waals surface area (Å²) >= 11 is 0. The van der Waals surface area contributed by atoms with E-state index in [1.807, 2.05) is 63.2 Å². The fourth-order valence-electron chi connectivity index (χ4n) is 2.75. The Morgan fingerprint density at radius 3 is 2.32 bits per heavy atom. The maximum absolute atomic E-state index is 12.5. The Kier molecular flexibility index (Phi) is 7.31. The van der Waals surface area contributed by atoms with Crippen molar-refractivity contribution in [3.05, 3.63) is 89.5 Å². The highest BCUT2D eigenvalue weighted by atomic mass is 32.2. The van der Waals surface area contributed by atoms with E-state index in [1.54, 1.807) is 18.2 Å². The number of nitrogens with zero attached hydrogens (tertiary/aromatic N) is 1. The summed E-state index contributed by atoms with van der Waals surface area (Å²) in [5, 5.41) is 3.91. The highest BCUT2D eigenvalue weighted by Gasteiger charge is 2.13. The van der Waals surface area contributed by atoms with Crippen LogP contribution in [0.4, 0.5) is 0 Å².